The Hall–Kier alpha value is -1.85. The standard InChI is InChI=1S/C22H30N2O2S/c1-15-12-17(9-10-20(15)26-4)18(16-7-8-16)13-22(25)23-14-19(24(2)3)21-6-5-11-27-21/h5-6,9-12,16,18-19H,7-8,13-14H2,1-4H3,(H,23,25). The molecule has 0 saturated heterocycles. The lowest BCUT2D eigenvalue weighted by Crippen LogP contribution is -2.34. The minimum Gasteiger partial charge on any atom is -0.496 e. The first-order chi connectivity index (χ1) is 13.0. The first kappa shape index (κ1) is 19.9. The van der Waals surface area contributed by atoms with Crippen LogP contribution in [-0.4, -0.2) is 38.6 Å². The van der Waals surface area contributed by atoms with Gasteiger partial charge >= 0.3 is 0 Å². The molecule has 146 valence electrons. The van der Waals surface area contributed by atoms with Crippen molar-refractivity contribution in [1.29, 1.82) is 0 Å². The molecule has 0 spiro atoms. The third-order valence-electron chi connectivity index (χ3n) is 5.43. The Bertz CT molecular complexity index is 754. The van der Waals surface area contributed by atoms with Crippen LogP contribution in [-0.2, 0) is 4.79 Å². The fourth-order valence-electron chi connectivity index (χ4n) is 3.69. The Morgan fingerprint density at radius 2 is 2.11 bits per heavy atom. The molecule has 4 nitrogen and oxygen atoms in total. The zero-order chi connectivity index (χ0) is 19.4. The topological polar surface area (TPSA) is 41.6 Å². The summed E-state index contributed by atoms with van der Waals surface area (Å²) in [6, 6.07) is 10.7. The van der Waals surface area contributed by atoms with Crippen LogP contribution in [0.15, 0.2) is 35.7 Å². The number of amides is 1. The van der Waals surface area contributed by atoms with Gasteiger partial charge in [-0.3, -0.25) is 4.79 Å². The van der Waals surface area contributed by atoms with Gasteiger partial charge in [0.05, 0.1) is 13.2 Å². The maximum atomic E-state index is 12.7. The molecule has 2 aromatic rings. The smallest absolute Gasteiger partial charge is 0.220 e. The van der Waals surface area contributed by atoms with Crippen molar-refractivity contribution in [2.45, 2.75) is 38.1 Å². The number of aryl methyl sites for hydroxylation is 1. The van der Waals surface area contributed by atoms with E-state index in [1.807, 2.05) is 6.07 Å². The molecule has 1 heterocycles. The van der Waals surface area contributed by atoms with Crippen molar-refractivity contribution in [1.82, 2.24) is 10.2 Å². The number of rotatable bonds is 9. The van der Waals surface area contributed by atoms with Crippen molar-refractivity contribution < 1.29 is 9.53 Å². The molecular weight excluding hydrogens is 356 g/mol. The van der Waals surface area contributed by atoms with E-state index in [9.17, 15) is 4.79 Å². The Labute approximate surface area is 166 Å². The maximum Gasteiger partial charge on any atom is 0.220 e. The summed E-state index contributed by atoms with van der Waals surface area (Å²) < 4.78 is 5.38. The summed E-state index contributed by atoms with van der Waals surface area (Å²) in [7, 11) is 5.82. The van der Waals surface area contributed by atoms with Gasteiger partial charge in [0, 0.05) is 17.8 Å². The van der Waals surface area contributed by atoms with Crippen molar-refractivity contribution in [3.8, 4) is 5.75 Å². The Morgan fingerprint density at radius 3 is 2.67 bits per heavy atom. The molecule has 1 fully saturated rings. The van der Waals surface area contributed by atoms with E-state index in [2.05, 4.69) is 60.9 Å². The monoisotopic (exact) mass is 386 g/mol. The summed E-state index contributed by atoms with van der Waals surface area (Å²) in [6.07, 6.45) is 3.00. The van der Waals surface area contributed by atoms with E-state index < -0.39 is 0 Å². The third kappa shape index (κ3) is 5.11. The van der Waals surface area contributed by atoms with E-state index in [1.165, 1.54) is 23.3 Å². The average molecular weight is 387 g/mol. The van der Waals surface area contributed by atoms with Gasteiger partial charge in [-0.1, -0.05) is 18.2 Å². The number of hydrogen-bond donors (Lipinski definition) is 1. The van der Waals surface area contributed by atoms with Crippen LogP contribution in [0.4, 0.5) is 0 Å². The van der Waals surface area contributed by atoms with E-state index in [0.717, 1.165) is 11.3 Å². The van der Waals surface area contributed by atoms with Gasteiger partial charge in [-0.05, 0) is 74.3 Å². The van der Waals surface area contributed by atoms with E-state index >= 15 is 0 Å². The summed E-state index contributed by atoms with van der Waals surface area (Å²) in [5.41, 5.74) is 2.39. The highest BCUT2D eigenvalue weighted by Gasteiger charge is 2.34. The van der Waals surface area contributed by atoms with Gasteiger partial charge in [0.25, 0.3) is 0 Å². The molecule has 1 amide bonds. The van der Waals surface area contributed by atoms with E-state index in [4.69, 9.17) is 4.74 Å². The van der Waals surface area contributed by atoms with E-state index in [1.54, 1.807) is 18.4 Å². The number of ether oxygens (including phenoxy) is 1. The number of thiophene rings is 1. The molecule has 2 unspecified atom stereocenters. The molecule has 3 rings (SSSR count). The highest BCUT2D eigenvalue weighted by Crippen LogP contribution is 2.45. The molecule has 1 N–H and O–H groups in total. The molecule has 1 aliphatic carbocycles. The molecule has 2 atom stereocenters. The molecule has 27 heavy (non-hydrogen) atoms. The average Bonchev–Trinajstić information content (AvgIpc) is 3.34. The van der Waals surface area contributed by atoms with Crippen molar-refractivity contribution in [3.63, 3.8) is 0 Å². The zero-order valence-electron chi connectivity index (χ0n) is 16.7. The highest BCUT2D eigenvalue weighted by molar-refractivity contribution is 7.10. The lowest BCUT2D eigenvalue weighted by Gasteiger charge is -2.24. The van der Waals surface area contributed by atoms with E-state index in [0.29, 0.717) is 24.8 Å². The van der Waals surface area contributed by atoms with Gasteiger partial charge in [0.15, 0.2) is 0 Å². The summed E-state index contributed by atoms with van der Waals surface area (Å²) >= 11 is 1.74. The highest BCUT2D eigenvalue weighted by atomic mass is 32.1. The summed E-state index contributed by atoms with van der Waals surface area (Å²) in [5.74, 6) is 1.98. The predicted molar refractivity (Wildman–Crippen MR) is 112 cm³/mol. The van der Waals surface area contributed by atoms with Gasteiger partial charge in [-0.25, -0.2) is 0 Å². The van der Waals surface area contributed by atoms with Crippen LogP contribution in [0, 0.1) is 12.8 Å². The quantitative estimate of drug-likeness (QED) is 0.696. The Kier molecular flexibility index (Phi) is 6.55. The summed E-state index contributed by atoms with van der Waals surface area (Å²) in [5, 5.41) is 5.26. The third-order valence-corrected chi connectivity index (χ3v) is 6.40. The second-order valence-electron chi connectivity index (χ2n) is 7.68. The van der Waals surface area contributed by atoms with Gasteiger partial charge in [0.2, 0.25) is 5.91 Å². The molecule has 0 radical (unpaired) electrons. The van der Waals surface area contributed by atoms with Crippen molar-refractivity contribution in [2.24, 2.45) is 5.92 Å². The Morgan fingerprint density at radius 1 is 1.33 bits per heavy atom. The number of methoxy groups -OCH3 is 1. The van der Waals surface area contributed by atoms with Gasteiger partial charge in [0.1, 0.15) is 5.75 Å². The molecule has 1 saturated carbocycles. The minimum atomic E-state index is 0.142. The van der Waals surface area contributed by atoms with Gasteiger partial charge < -0.3 is 15.0 Å². The number of benzene rings is 1. The zero-order valence-corrected chi connectivity index (χ0v) is 17.5. The molecule has 5 heteroatoms. The van der Waals surface area contributed by atoms with Crippen LogP contribution >= 0.6 is 11.3 Å². The Balaban J connectivity index is 1.63. The number of carbonyl (C=O) groups excluding carboxylic acids is 1. The minimum absolute atomic E-state index is 0.142. The van der Waals surface area contributed by atoms with E-state index in [-0.39, 0.29) is 11.9 Å². The number of nitrogens with zero attached hydrogens (tertiary/aromatic N) is 1. The maximum absolute atomic E-state index is 12.7. The second-order valence-corrected chi connectivity index (χ2v) is 8.66. The molecule has 1 aromatic heterocycles. The molecule has 0 aliphatic heterocycles. The molecule has 1 aliphatic rings. The first-order valence-corrected chi connectivity index (χ1v) is 10.5. The normalized spacial score (nSPS) is 16.2. The fraction of sp³-hybridized carbons (Fsp3) is 0.500. The number of likely N-dealkylation sites (N-methyl/N-ethyl adjacent to an activating group) is 1. The summed E-state index contributed by atoms with van der Waals surface area (Å²) in [6.45, 7) is 2.71. The van der Waals surface area contributed by atoms with Crippen LogP contribution in [0.3, 0.4) is 0 Å². The fourth-order valence-corrected chi connectivity index (χ4v) is 4.61. The van der Waals surface area contributed by atoms with Crippen molar-refractivity contribution >= 4 is 17.2 Å². The number of nitrogens with one attached hydrogen (secondary N) is 1. The van der Waals surface area contributed by atoms with Crippen LogP contribution in [0.5, 0.6) is 5.75 Å². The molecular formula is C22H30N2O2S. The van der Waals surface area contributed by atoms with Crippen LogP contribution in [0.1, 0.15) is 47.2 Å². The predicted octanol–water partition coefficient (Wildman–Crippen LogP) is 4.37. The SMILES string of the molecule is COc1ccc(C(CC(=O)NCC(c2cccs2)N(C)C)C2CC2)cc1C. The second kappa shape index (κ2) is 8.89. The number of hydrogen-bond acceptors (Lipinski definition) is 4. The summed E-state index contributed by atoms with van der Waals surface area (Å²) in [4.78, 5) is 16.2. The molecule has 1 aromatic carbocycles. The van der Waals surface area contributed by atoms with Gasteiger partial charge in [-0.15, -0.1) is 11.3 Å². The molecule has 0 bridgehead atoms. The van der Waals surface area contributed by atoms with Gasteiger partial charge in [-0.2, -0.15) is 0 Å². The lowest BCUT2D eigenvalue weighted by atomic mass is 9.89. The largest absolute Gasteiger partial charge is 0.496 e. The van der Waals surface area contributed by atoms with Crippen molar-refractivity contribution in [3.05, 3.63) is 51.7 Å². The lowest BCUT2D eigenvalue weighted by molar-refractivity contribution is -0.121. The van der Waals surface area contributed by atoms with Crippen LogP contribution < -0.4 is 10.1 Å². The van der Waals surface area contributed by atoms with Crippen molar-refractivity contribution in [2.75, 3.05) is 27.7 Å². The first-order valence-electron chi connectivity index (χ1n) is 9.60. The van der Waals surface area contributed by atoms with Crippen LogP contribution in [0.25, 0.3) is 0 Å². The van der Waals surface area contributed by atoms with Crippen LogP contribution in [0.2, 0.25) is 0 Å². The number of carbonyl (C=O) groups is 1.